The molecule has 2 aromatic rings. The molecule has 0 unspecified atom stereocenters. The number of methoxy groups -OCH3 is 1. The summed E-state index contributed by atoms with van der Waals surface area (Å²) in [7, 11) is 1.61. The van der Waals surface area contributed by atoms with Gasteiger partial charge in [-0.3, -0.25) is 0 Å². The van der Waals surface area contributed by atoms with Crippen molar-refractivity contribution < 1.29 is 4.74 Å². The van der Waals surface area contributed by atoms with Crippen molar-refractivity contribution >= 4 is 5.69 Å². The van der Waals surface area contributed by atoms with Crippen LogP contribution in [0.25, 0.3) is 0 Å². The largest absolute Gasteiger partial charge is 0.481 e. The fraction of sp³-hybridized carbons (Fsp3) is 0.200. The molecule has 0 radical (unpaired) electrons. The predicted molar refractivity (Wildman–Crippen MR) is 73.9 cm³/mol. The van der Waals surface area contributed by atoms with Crippen LogP contribution in [0.3, 0.4) is 0 Å². The summed E-state index contributed by atoms with van der Waals surface area (Å²) in [5, 5.41) is 11.9. The Labute approximate surface area is 112 Å². The van der Waals surface area contributed by atoms with E-state index in [4.69, 9.17) is 10.00 Å². The van der Waals surface area contributed by atoms with Crippen LogP contribution >= 0.6 is 0 Å². The molecule has 0 aliphatic carbocycles. The molecule has 0 saturated heterocycles. The summed E-state index contributed by atoms with van der Waals surface area (Å²) in [5.41, 5.74) is 3.03. The lowest BCUT2D eigenvalue weighted by Gasteiger charge is -2.09. The van der Waals surface area contributed by atoms with E-state index in [0.717, 1.165) is 16.8 Å². The third-order valence-electron chi connectivity index (χ3n) is 2.76. The lowest BCUT2D eigenvalue weighted by atomic mass is 10.1. The number of ether oxygens (including phenoxy) is 1. The second kappa shape index (κ2) is 6.41. The average Bonchev–Trinajstić information content (AvgIpc) is 2.47. The molecule has 0 aliphatic heterocycles. The van der Waals surface area contributed by atoms with Crippen LogP contribution < -0.4 is 10.1 Å². The lowest BCUT2D eigenvalue weighted by molar-refractivity contribution is 0.393. The second-order valence-electron chi connectivity index (χ2n) is 4.06. The van der Waals surface area contributed by atoms with Gasteiger partial charge in [0.25, 0.3) is 0 Å². The second-order valence-corrected chi connectivity index (χ2v) is 4.06. The smallest absolute Gasteiger partial charge is 0.218 e. The molecule has 1 heterocycles. The zero-order valence-corrected chi connectivity index (χ0v) is 10.8. The molecule has 19 heavy (non-hydrogen) atoms. The summed E-state index contributed by atoms with van der Waals surface area (Å²) < 4.78 is 5.20. The van der Waals surface area contributed by atoms with E-state index in [0.29, 0.717) is 18.8 Å². The predicted octanol–water partition coefficient (Wildman–Crippen LogP) is 2.77. The highest BCUT2D eigenvalue weighted by Crippen LogP contribution is 2.16. The van der Waals surface area contributed by atoms with Gasteiger partial charge in [0, 0.05) is 24.0 Å². The Morgan fingerprint density at radius 3 is 2.74 bits per heavy atom. The highest BCUT2D eigenvalue weighted by atomic mass is 16.5. The zero-order valence-electron chi connectivity index (χ0n) is 10.8. The fourth-order valence-electron chi connectivity index (χ4n) is 1.77. The van der Waals surface area contributed by atoms with Gasteiger partial charge in [0.05, 0.1) is 19.6 Å². The van der Waals surface area contributed by atoms with Crippen LogP contribution in [0.15, 0.2) is 42.6 Å². The first-order valence-electron chi connectivity index (χ1n) is 6.01. The molecule has 1 N–H and O–H groups in total. The molecule has 0 bridgehead atoms. The first-order valence-corrected chi connectivity index (χ1v) is 6.01. The third-order valence-corrected chi connectivity index (χ3v) is 2.76. The topological polar surface area (TPSA) is 57.9 Å². The molecule has 0 saturated carbocycles. The molecule has 4 heteroatoms. The van der Waals surface area contributed by atoms with Gasteiger partial charge in [0.2, 0.25) is 5.88 Å². The molecule has 1 aromatic carbocycles. The molecule has 0 spiro atoms. The molecule has 0 aliphatic rings. The quantitative estimate of drug-likeness (QED) is 0.890. The van der Waals surface area contributed by atoms with Crippen molar-refractivity contribution in [3.63, 3.8) is 0 Å². The molecule has 0 fully saturated rings. The Morgan fingerprint density at radius 2 is 2.05 bits per heavy atom. The maximum absolute atomic E-state index is 8.61. The standard InChI is InChI=1S/C15H15N3O/c1-19-15-13(3-2-10-17-15)11-18-14-6-4-12(5-7-14)8-9-16/h2-7,10,18H,8,11H2,1H3. The number of aromatic nitrogens is 1. The Morgan fingerprint density at radius 1 is 1.26 bits per heavy atom. The van der Waals surface area contributed by atoms with Gasteiger partial charge < -0.3 is 10.1 Å². The van der Waals surface area contributed by atoms with Crippen LogP contribution in [0, 0.1) is 11.3 Å². The number of hydrogen-bond acceptors (Lipinski definition) is 4. The minimum absolute atomic E-state index is 0.441. The summed E-state index contributed by atoms with van der Waals surface area (Å²) >= 11 is 0. The monoisotopic (exact) mass is 253 g/mol. The van der Waals surface area contributed by atoms with E-state index in [9.17, 15) is 0 Å². The summed E-state index contributed by atoms with van der Waals surface area (Å²) in [6.45, 7) is 0.647. The lowest BCUT2D eigenvalue weighted by Crippen LogP contribution is -2.02. The molecule has 2 rings (SSSR count). The number of pyridine rings is 1. The van der Waals surface area contributed by atoms with Gasteiger partial charge in [-0.1, -0.05) is 18.2 Å². The Balaban J connectivity index is 2.00. The van der Waals surface area contributed by atoms with Gasteiger partial charge >= 0.3 is 0 Å². The maximum Gasteiger partial charge on any atom is 0.218 e. The summed E-state index contributed by atoms with van der Waals surface area (Å²) in [4.78, 5) is 4.15. The van der Waals surface area contributed by atoms with Gasteiger partial charge in [-0.2, -0.15) is 5.26 Å². The highest BCUT2D eigenvalue weighted by Gasteiger charge is 2.02. The van der Waals surface area contributed by atoms with E-state index in [1.165, 1.54) is 0 Å². The fourth-order valence-corrected chi connectivity index (χ4v) is 1.77. The van der Waals surface area contributed by atoms with Crippen molar-refractivity contribution in [3.05, 3.63) is 53.7 Å². The van der Waals surface area contributed by atoms with Gasteiger partial charge in [0.1, 0.15) is 0 Å². The number of rotatable bonds is 5. The molecule has 1 aromatic heterocycles. The highest BCUT2D eigenvalue weighted by molar-refractivity contribution is 5.46. The van der Waals surface area contributed by atoms with E-state index < -0.39 is 0 Å². The first-order chi connectivity index (χ1) is 9.33. The van der Waals surface area contributed by atoms with Gasteiger partial charge in [0.15, 0.2) is 0 Å². The van der Waals surface area contributed by atoms with E-state index in [1.54, 1.807) is 13.3 Å². The van der Waals surface area contributed by atoms with E-state index >= 15 is 0 Å². The Bertz CT molecular complexity index is 573. The molecular weight excluding hydrogens is 238 g/mol. The van der Waals surface area contributed by atoms with Crippen molar-refractivity contribution in [3.8, 4) is 11.9 Å². The van der Waals surface area contributed by atoms with Crippen molar-refractivity contribution in [2.75, 3.05) is 12.4 Å². The van der Waals surface area contributed by atoms with Crippen LogP contribution in [-0.2, 0) is 13.0 Å². The van der Waals surface area contributed by atoms with Gasteiger partial charge in [-0.05, 0) is 23.8 Å². The van der Waals surface area contributed by atoms with Gasteiger partial charge in [-0.15, -0.1) is 0 Å². The third kappa shape index (κ3) is 3.46. The van der Waals surface area contributed by atoms with E-state index in [2.05, 4.69) is 16.4 Å². The molecule has 96 valence electrons. The number of hydrogen-bond donors (Lipinski definition) is 1. The minimum atomic E-state index is 0.441. The van der Waals surface area contributed by atoms with Crippen LogP contribution in [0.5, 0.6) is 5.88 Å². The minimum Gasteiger partial charge on any atom is -0.481 e. The Hall–Kier alpha value is -2.54. The molecule has 0 amide bonds. The summed E-state index contributed by atoms with van der Waals surface area (Å²) in [6.07, 6.45) is 2.15. The van der Waals surface area contributed by atoms with Crippen LogP contribution in [-0.4, -0.2) is 12.1 Å². The number of anilines is 1. The Kier molecular flexibility index (Phi) is 4.35. The van der Waals surface area contributed by atoms with Crippen LogP contribution in [0.2, 0.25) is 0 Å². The van der Waals surface area contributed by atoms with E-state index in [1.807, 2.05) is 36.4 Å². The molecule has 0 atom stereocenters. The van der Waals surface area contributed by atoms with E-state index in [-0.39, 0.29) is 0 Å². The normalized spacial score (nSPS) is 9.68. The van der Waals surface area contributed by atoms with Crippen molar-refractivity contribution in [1.82, 2.24) is 4.98 Å². The van der Waals surface area contributed by atoms with Crippen molar-refractivity contribution in [1.29, 1.82) is 5.26 Å². The molecular formula is C15H15N3O. The SMILES string of the molecule is COc1ncccc1CNc1ccc(CC#N)cc1. The van der Waals surface area contributed by atoms with Crippen LogP contribution in [0.4, 0.5) is 5.69 Å². The first kappa shape index (κ1) is 12.9. The zero-order chi connectivity index (χ0) is 13.5. The van der Waals surface area contributed by atoms with Crippen LogP contribution in [0.1, 0.15) is 11.1 Å². The summed E-state index contributed by atoms with van der Waals surface area (Å²) in [6, 6.07) is 13.8. The average molecular weight is 253 g/mol. The summed E-state index contributed by atoms with van der Waals surface area (Å²) in [5.74, 6) is 0.635. The molecule has 4 nitrogen and oxygen atoms in total. The van der Waals surface area contributed by atoms with Gasteiger partial charge in [-0.25, -0.2) is 4.98 Å². The number of nitrogens with zero attached hydrogens (tertiary/aromatic N) is 2. The number of benzene rings is 1. The van der Waals surface area contributed by atoms with Crippen molar-refractivity contribution in [2.45, 2.75) is 13.0 Å². The maximum atomic E-state index is 8.61. The number of nitrogens with one attached hydrogen (secondary N) is 1. The number of nitriles is 1. The van der Waals surface area contributed by atoms with Crippen molar-refractivity contribution in [2.24, 2.45) is 0 Å².